The minimum Gasteiger partial charge on any atom is -0.444 e. The predicted molar refractivity (Wildman–Crippen MR) is 55.3 cm³/mol. The van der Waals surface area contributed by atoms with Gasteiger partial charge in [0.25, 0.3) is 0 Å². The lowest BCUT2D eigenvalue weighted by Crippen LogP contribution is -2.11. The Labute approximate surface area is 87.9 Å². The van der Waals surface area contributed by atoms with Crippen LogP contribution >= 0.6 is 0 Å². The summed E-state index contributed by atoms with van der Waals surface area (Å²) in [5.41, 5.74) is 0.970. The second kappa shape index (κ2) is 4.46. The van der Waals surface area contributed by atoms with Crippen molar-refractivity contribution in [3.63, 3.8) is 0 Å². The van der Waals surface area contributed by atoms with E-state index in [-0.39, 0.29) is 6.61 Å². The average molecular weight is 200 g/mol. The quantitative estimate of drug-likeness (QED) is 0.745. The van der Waals surface area contributed by atoms with Crippen LogP contribution in [0.4, 0.5) is 4.79 Å². The fraction of sp³-hybridized carbons (Fsp3) is 0.0833. The lowest BCUT2D eigenvalue weighted by atomic mass is 10.2. The largest absolute Gasteiger partial charge is 0.444 e. The molecule has 1 aromatic heterocycles. The monoisotopic (exact) mass is 200 g/mol. The number of aromatic nitrogens is 1. The van der Waals surface area contributed by atoms with Crippen molar-refractivity contribution in [2.24, 2.45) is 0 Å². The van der Waals surface area contributed by atoms with E-state index in [1.165, 1.54) is 4.57 Å². The van der Waals surface area contributed by atoms with Gasteiger partial charge in [0.05, 0.1) is 6.20 Å². The van der Waals surface area contributed by atoms with E-state index in [0.29, 0.717) is 0 Å². The Morgan fingerprint density at radius 2 is 2.07 bits per heavy atom. The summed E-state index contributed by atoms with van der Waals surface area (Å²) in [5, 5.41) is 0. The Balaban J connectivity index is 1.92. The topological polar surface area (TPSA) is 31.2 Å². The molecule has 0 fully saturated rings. The number of hydrogen-bond acceptors (Lipinski definition) is 2. The lowest BCUT2D eigenvalue weighted by Gasteiger charge is -2.04. The first kappa shape index (κ1) is 9.52. The zero-order valence-corrected chi connectivity index (χ0v) is 8.09. The molecule has 3 heteroatoms. The zero-order valence-electron chi connectivity index (χ0n) is 8.09. The molecule has 15 heavy (non-hydrogen) atoms. The molecule has 0 aliphatic heterocycles. The molecule has 0 amide bonds. The van der Waals surface area contributed by atoms with E-state index < -0.39 is 6.09 Å². The van der Waals surface area contributed by atoms with Crippen LogP contribution in [0.3, 0.4) is 0 Å². The minimum absolute atomic E-state index is 0.283. The molecule has 1 aromatic carbocycles. The fourth-order valence-electron chi connectivity index (χ4n) is 1.20. The Kier molecular flexibility index (Phi) is 2.83. The van der Waals surface area contributed by atoms with Crippen LogP contribution in [-0.2, 0) is 11.3 Å². The van der Waals surface area contributed by atoms with E-state index >= 15 is 0 Å². The first-order valence-corrected chi connectivity index (χ1v) is 4.62. The van der Waals surface area contributed by atoms with Gasteiger partial charge in [0, 0.05) is 6.20 Å². The summed E-state index contributed by atoms with van der Waals surface area (Å²) in [6.07, 6.45) is 3.91. The molecule has 0 aliphatic rings. The van der Waals surface area contributed by atoms with E-state index in [0.717, 1.165) is 5.56 Å². The molecule has 2 rings (SSSR count). The molecule has 3 nitrogen and oxygen atoms in total. The summed E-state index contributed by atoms with van der Waals surface area (Å²) < 4.78 is 6.35. The fourth-order valence-corrected chi connectivity index (χ4v) is 1.20. The van der Waals surface area contributed by atoms with Gasteiger partial charge in [0.15, 0.2) is 0 Å². The summed E-state index contributed by atoms with van der Waals surface area (Å²) in [6.45, 7) is 0.283. The van der Waals surface area contributed by atoms with Crippen molar-refractivity contribution in [3.8, 4) is 0 Å². The van der Waals surface area contributed by atoms with Crippen LogP contribution in [0.5, 0.6) is 0 Å². The summed E-state index contributed by atoms with van der Waals surface area (Å²) in [6, 6.07) is 12.9. The van der Waals surface area contributed by atoms with E-state index in [1.807, 2.05) is 30.3 Å². The highest BCUT2D eigenvalue weighted by Crippen LogP contribution is 2.02. The molecule has 2 aromatic rings. The normalized spacial score (nSPS) is 9.87. The Hall–Kier alpha value is -2.03. The van der Waals surface area contributed by atoms with Crippen molar-refractivity contribution in [2.75, 3.05) is 0 Å². The van der Waals surface area contributed by atoms with Gasteiger partial charge in [-0.05, 0) is 17.7 Å². The van der Waals surface area contributed by atoms with Crippen LogP contribution in [0.15, 0.2) is 48.7 Å². The van der Waals surface area contributed by atoms with E-state index in [4.69, 9.17) is 4.74 Å². The molecule has 0 saturated carbocycles. The number of carbonyl (C=O) groups excluding carboxylic acids is 1. The van der Waals surface area contributed by atoms with Crippen LogP contribution < -0.4 is 0 Å². The van der Waals surface area contributed by atoms with Crippen LogP contribution in [0.2, 0.25) is 0 Å². The van der Waals surface area contributed by atoms with E-state index in [1.54, 1.807) is 18.3 Å². The number of hydrogen-bond donors (Lipinski definition) is 0. The maximum absolute atomic E-state index is 11.4. The molecule has 0 atom stereocenters. The predicted octanol–water partition coefficient (Wildman–Crippen LogP) is 2.47. The first-order chi connectivity index (χ1) is 7.36. The lowest BCUT2D eigenvalue weighted by molar-refractivity contribution is 0.141. The molecular weight excluding hydrogens is 190 g/mol. The van der Waals surface area contributed by atoms with Crippen LogP contribution in [0, 0.1) is 6.20 Å². The molecule has 0 spiro atoms. The van der Waals surface area contributed by atoms with E-state index in [2.05, 4.69) is 6.20 Å². The van der Waals surface area contributed by atoms with Crippen LogP contribution in [0.25, 0.3) is 0 Å². The third-order valence-corrected chi connectivity index (χ3v) is 1.95. The summed E-state index contributed by atoms with van der Waals surface area (Å²) in [4.78, 5) is 11.4. The number of nitrogens with zero attached hydrogens (tertiary/aromatic N) is 1. The molecule has 75 valence electrons. The number of carbonyl (C=O) groups is 1. The van der Waals surface area contributed by atoms with Crippen molar-refractivity contribution in [1.29, 1.82) is 0 Å². The smallest absolute Gasteiger partial charge is 0.418 e. The van der Waals surface area contributed by atoms with E-state index in [9.17, 15) is 4.79 Å². The third-order valence-electron chi connectivity index (χ3n) is 1.95. The van der Waals surface area contributed by atoms with Gasteiger partial charge in [0.1, 0.15) is 6.61 Å². The number of ether oxygens (including phenoxy) is 1. The third kappa shape index (κ3) is 2.47. The Bertz CT molecular complexity index is 420. The van der Waals surface area contributed by atoms with Crippen molar-refractivity contribution in [2.45, 2.75) is 6.61 Å². The van der Waals surface area contributed by atoms with Crippen molar-refractivity contribution in [1.82, 2.24) is 4.57 Å². The molecule has 1 radical (unpaired) electrons. The zero-order chi connectivity index (χ0) is 10.5. The molecular formula is C12H10NO2. The van der Waals surface area contributed by atoms with Crippen molar-refractivity contribution < 1.29 is 9.53 Å². The second-order valence-corrected chi connectivity index (χ2v) is 3.05. The maximum Gasteiger partial charge on any atom is 0.418 e. The first-order valence-electron chi connectivity index (χ1n) is 4.62. The molecule has 0 N–H and O–H groups in total. The standard InChI is InChI=1S/C12H10NO2/c14-12(13-8-4-5-9-13)15-10-11-6-2-1-3-7-11/h1-8H,10H2. The van der Waals surface area contributed by atoms with Gasteiger partial charge < -0.3 is 4.74 Å². The van der Waals surface area contributed by atoms with Gasteiger partial charge >= 0.3 is 6.09 Å². The number of rotatable bonds is 2. The molecule has 0 saturated heterocycles. The Morgan fingerprint density at radius 3 is 2.73 bits per heavy atom. The van der Waals surface area contributed by atoms with Gasteiger partial charge in [-0.3, -0.25) is 4.57 Å². The van der Waals surface area contributed by atoms with Gasteiger partial charge in [-0.2, -0.15) is 0 Å². The average Bonchev–Trinajstić information content (AvgIpc) is 2.81. The van der Waals surface area contributed by atoms with Crippen molar-refractivity contribution in [3.05, 3.63) is 60.4 Å². The summed E-state index contributed by atoms with van der Waals surface area (Å²) >= 11 is 0. The molecule has 0 unspecified atom stereocenters. The van der Waals surface area contributed by atoms with Gasteiger partial charge in [-0.1, -0.05) is 30.3 Å². The van der Waals surface area contributed by atoms with Gasteiger partial charge in [-0.25, -0.2) is 4.79 Å². The number of benzene rings is 1. The second-order valence-electron chi connectivity index (χ2n) is 3.05. The highest BCUT2D eigenvalue weighted by Gasteiger charge is 2.03. The highest BCUT2D eigenvalue weighted by atomic mass is 16.5. The van der Waals surface area contributed by atoms with Gasteiger partial charge in [0.2, 0.25) is 0 Å². The highest BCUT2D eigenvalue weighted by molar-refractivity contribution is 5.70. The SMILES string of the molecule is O=C(OCc1ccccc1)n1[c]ccc1. The molecule has 0 bridgehead atoms. The Morgan fingerprint density at radius 1 is 1.27 bits per heavy atom. The van der Waals surface area contributed by atoms with Gasteiger partial charge in [-0.15, -0.1) is 0 Å². The summed E-state index contributed by atoms with van der Waals surface area (Å²) in [5.74, 6) is 0. The van der Waals surface area contributed by atoms with Crippen molar-refractivity contribution >= 4 is 6.09 Å². The van der Waals surface area contributed by atoms with Crippen LogP contribution in [0.1, 0.15) is 5.56 Å². The minimum atomic E-state index is -0.413. The molecule has 0 aliphatic carbocycles. The summed E-state index contributed by atoms with van der Waals surface area (Å²) in [7, 11) is 0. The van der Waals surface area contributed by atoms with Crippen LogP contribution in [-0.4, -0.2) is 10.7 Å². The molecule has 1 heterocycles. The maximum atomic E-state index is 11.4.